The number of rotatable bonds is 1. The van der Waals surface area contributed by atoms with Crippen LogP contribution in [0.5, 0.6) is 11.5 Å². The van der Waals surface area contributed by atoms with Crippen molar-refractivity contribution < 1.29 is 24.9 Å². The van der Waals surface area contributed by atoms with Gasteiger partial charge < -0.3 is 20.1 Å². The molecule has 0 saturated heterocycles. The molecule has 1 unspecified atom stereocenters. The second kappa shape index (κ2) is 4.33. The molecule has 0 amide bonds. The molecule has 0 aliphatic carbocycles. The van der Waals surface area contributed by atoms with Gasteiger partial charge in [-0.1, -0.05) is 24.3 Å². The number of aromatic hydroxyl groups is 1. The van der Waals surface area contributed by atoms with Crippen molar-refractivity contribution in [1.29, 1.82) is 0 Å². The van der Waals surface area contributed by atoms with Crippen LogP contribution in [0.2, 0.25) is 0 Å². The first kappa shape index (κ1) is 12.7. The summed E-state index contributed by atoms with van der Waals surface area (Å²) < 4.78 is 5.11. The van der Waals surface area contributed by atoms with Gasteiger partial charge in [0.05, 0.1) is 5.56 Å². The minimum Gasteiger partial charge on any atom is -0.508 e. The van der Waals surface area contributed by atoms with Crippen LogP contribution in [0.1, 0.15) is 21.8 Å². The Morgan fingerprint density at radius 2 is 1.65 bits per heavy atom. The van der Waals surface area contributed by atoms with E-state index >= 15 is 0 Å². The van der Waals surface area contributed by atoms with E-state index in [4.69, 9.17) is 4.74 Å². The number of hydrogen-bond donors (Lipinski definition) is 3. The highest BCUT2D eigenvalue weighted by Crippen LogP contribution is 2.40. The number of aliphatic hydroxyl groups is 2. The number of ether oxygens (including phenoxy) is 1. The molecule has 0 spiro atoms. The summed E-state index contributed by atoms with van der Waals surface area (Å²) in [6, 6.07) is 12.0. The molecule has 0 radical (unpaired) electrons. The lowest BCUT2D eigenvalue weighted by atomic mass is 9.86. The van der Waals surface area contributed by atoms with E-state index in [-0.39, 0.29) is 11.5 Å². The predicted molar refractivity (Wildman–Crippen MR) is 69.4 cm³/mol. The number of carbonyl (C=O) groups is 1. The van der Waals surface area contributed by atoms with Crippen LogP contribution in [-0.2, 0) is 0 Å². The summed E-state index contributed by atoms with van der Waals surface area (Å²) in [5, 5.41) is 29.3. The topological polar surface area (TPSA) is 87.0 Å². The van der Waals surface area contributed by atoms with Gasteiger partial charge in [-0.2, -0.15) is 0 Å². The zero-order chi connectivity index (χ0) is 14.3. The van der Waals surface area contributed by atoms with E-state index in [1.165, 1.54) is 30.3 Å². The van der Waals surface area contributed by atoms with E-state index < -0.39 is 17.7 Å². The van der Waals surface area contributed by atoms with Crippen LogP contribution in [0.15, 0.2) is 48.5 Å². The Kier molecular flexibility index (Phi) is 2.74. The molecular weight excluding hydrogens is 260 g/mol. The molecule has 3 N–H and O–H groups in total. The largest absolute Gasteiger partial charge is 0.508 e. The molecule has 20 heavy (non-hydrogen) atoms. The monoisotopic (exact) mass is 272 g/mol. The van der Waals surface area contributed by atoms with Gasteiger partial charge in [-0.3, -0.25) is 4.79 Å². The van der Waals surface area contributed by atoms with Crippen LogP contribution in [0.25, 0.3) is 0 Å². The molecule has 5 nitrogen and oxygen atoms in total. The molecule has 1 aliphatic heterocycles. The van der Waals surface area contributed by atoms with Gasteiger partial charge in [0.1, 0.15) is 17.4 Å². The normalized spacial score (nSPS) is 20.1. The number of benzene rings is 2. The average Bonchev–Trinajstić information content (AvgIpc) is 2.40. The van der Waals surface area contributed by atoms with Gasteiger partial charge in [-0.25, -0.2) is 0 Å². The fourth-order valence-corrected chi connectivity index (χ4v) is 2.34. The first-order valence-electron chi connectivity index (χ1n) is 6.05. The maximum Gasteiger partial charge on any atom is 0.336 e. The molecule has 1 heterocycles. The number of para-hydroxylation sites is 1. The van der Waals surface area contributed by atoms with Crippen LogP contribution < -0.4 is 4.74 Å². The molecule has 0 aromatic heterocycles. The summed E-state index contributed by atoms with van der Waals surface area (Å²) in [6.07, 6.45) is 0. The Morgan fingerprint density at radius 3 is 2.35 bits per heavy atom. The van der Waals surface area contributed by atoms with E-state index in [9.17, 15) is 20.1 Å². The quantitative estimate of drug-likeness (QED) is 0.683. The Bertz CT molecular complexity index is 660. The minimum absolute atomic E-state index is 0.0276. The highest BCUT2D eigenvalue weighted by Gasteiger charge is 2.48. The zero-order valence-electron chi connectivity index (χ0n) is 10.4. The lowest BCUT2D eigenvalue weighted by Gasteiger charge is -2.35. The van der Waals surface area contributed by atoms with Gasteiger partial charge in [0.25, 0.3) is 0 Å². The van der Waals surface area contributed by atoms with E-state index in [2.05, 4.69) is 0 Å². The van der Waals surface area contributed by atoms with Gasteiger partial charge in [-0.15, -0.1) is 0 Å². The Labute approximate surface area is 114 Å². The molecule has 0 saturated carbocycles. The lowest BCUT2D eigenvalue weighted by Crippen LogP contribution is -2.48. The second-order valence-corrected chi connectivity index (χ2v) is 4.65. The summed E-state index contributed by atoms with van der Waals surface area (Å²) in [5.41, 5.74) is 0.650. The Balaban J connectivity index is 2.11. The Hall–Kier alpha value is -2.37. The maximum atomic E-state index is 12.5. The minimum atomic E-state index is -2.62. The highest BCUT2D eigenvalue weighted by molar-refractivity contribution is 6.04. The number of Topliss-reactive ketones (excluding diaryl/α,β-unsaturated/α-hetero) is 1. The zero-order valence-corrected chi connectivity index (χ0v) is 10.4. The summed E-state index contributed by atoms with van der Waals surface area (Å²) in [5.74, 6) is -4.17. The lowest BCUT2D eigenvalue weighted by molar-refractivity contribution is -0.300. The number of hydrogen-bond acceptors (Lipinski definition) is 5. The first-order valence-corrected chi connectivity index (χ1v) is 6.05. The predicted octanol–water partition coefficient (Wildman–Crippen LogP) is 1.39. The fraction of sp³-hybridized carbons (Fsp3) is 0.133. The number of carbonyl (C=O) groups excluding carboxylic acids is 1. The second-order valence-electron chi connectivity index (χ2n) is 4.65. The first-order chi connectivity index (χ1) is 9.49. The molecule has 0 fully saturated rings. The Morgan fingerprint density at radius 1 is 1.00 bits per heavy atom. The highest BCUT2D eigenvalue weighted by atomic mass is 16.8. The van der Waals surface area contributed by atoms with Crippen molar-refractivity contribution in [2.75, 3.05) is 0 Å². The number of phenols is 1. The number of fused-ring (bicyclic) bond motifs is 1. The number of ketones is 1. The van der Waals surface area contributed by atoms with Crippen LogP contribution >= 0.6 is 0 Å². The molecule has 2 aromatic carbocycles. The molecule has 1 aliphatic rings. The van der Waals surface area contributed by atoms with Crippen LogP contribution in [-0.4, -0.2) is 27.1 Å². The van der Waals surface area contributed by atoms with Crippen LogP contribution in [0, 0.1) is 0 Å². The standard InChI is InChI=1S/C15H12O5/c16-10-7-5-9(6-8-10)13-14(17)11-3-1-2-4-12(11)20-15(13,18)19/h1-8,13,16,18-19H. The van der Waals surface area contributed by atoms with Crippen molar-refractivity contribution in [2.24, 2.45) is 0 Å². The third kappa shape index (κ3) is 1.93. The van der Waals surface area contributed by atoms with Gasteiger partial charge >= 0.3 is 5.97 Å². The third-order valence-corrected chi connectivity index (χ3v) is 3.28. The van der Waals surface area contributed by atoms with Gasteiger partial charge in [0, 0.05) is 0 Å². The molecule has 1 atom stereocenters. The van der Waals surface area contributed by atoms with Crippen LogP contribution in [0.4, 0.5) is 0 Å². The third-order valence-electron chi connectivity index (χ3n) is 3.28. The van der Waals surface area contributed by atoms with E-state index in [0.717, 1.165) is 0 Å². The maximum absolute atomic E-state index is 12.5. The number of phenolic OH excluding ortho intramolecular Hbond substituents is 1. The summed E-state index contributed by atoms with van der Waals surface area (Å²) in [7, 11) is 0. The molecule has 5 heteroatoms. The summed E-state index contributed by atoms with van der Waals surface area (Å²) in [4.78, 5) is 12.5. The van der Waals surface area contributed by atoms with E-state index in [1.54, 1.807) is 18.2 Å². The van der Waals surface area contributed by atoms with Crippen molar-refractivity contribution >= 4 is 5.78 Å². The molecule has 2 aromatic rings. The summed E-state index contributed by atoms with van der Waals surface area (Å²) >= 11 is 0. The molecular formula is C15H12O5. The van der Waals surface area contributed by atoms with Crippen LogP contribution in [0.3, 0.4) is 0 Å². The van der Waals surface area contributed by atoms with Gasteiger partial charge in [0.2, 0.25) is 0 Å². The van der Waals surface area contributed by atoms with Gasteiger partial charge in [-0.05, 0) is 29.8 Å². The van der Waals surface area contributed by atoms with Crippen molar-refractivity contribution in [2.45, 2.75) is 11.9 Å². The van der Waals surface area contributed by atoms with Crippen molar-refractivity contribution in [1.82, 2.24) is 0 Å². The van der Waals surface area contributed by atoms with E-state index in [0.29, 0.717) is 11.1 Å². The molecule has 102 valence electrons. The SMILES string of the molecule is O=C1c2ccccc2OC(O)(O)C1c1ccc(O)cc1. The van der Waals surface area contributed by atoms with E-state index in [1.807, 2.05) is 0 Å². The smallest absolute Gasteiger partial charge is 0.336 e. The molecule has 3 rings (SSSR count). The fourth-order valence-electron chi connectivity index (χ4n) is 2.34. The molecule has 0 bridgehead atoms. The summed E-state index contributed by atoms with van der Waals surface area (Å²) in [6.45, 7) is 0. The van der Waals surface area contributed by atoms with Crippen molar-refractivity contribution in [3.05, 3.63) is 59.7 Å². The van der Waals surface area contributed by atoms with Crippen molar-refractivity contribution in [3.8, 4) is 11.5 Å². The van der Waals surface area contributed by atoms with Crippen molar-refractivity contribution in [3.63, 3.8) is 0 Å². The average molecular weight is 272 g/mol. The van der Waals surface area contributed by atoms with Gasteiger partial charge in [0.15, 0.2) is 5.78 Å².